The lowest BCUT2D eigenvalue weighted by Gasteiger charge is -2.25. The maximum absolute atomic E-state index is 3.72. The van der Waals surface area contributed by atoms with Gasteiger partial charge in [-0.15, -0.1) is 0 Å². The van der Waals surface area contributed by atoms with E-state index in [0.717, 1.165) is 12.0 Å². The maximum atomic E-state index is 3.72. The molecule has 1 unspecified atom stereocenters. The fourth-order valence-corrected chi connectivity index (χ4v) is 4.69. The maximum Gasteiger partial charge on any atom is 0.0354 e. The van der Waals surface area contributed by atoms with Crippen molar-refractivity contribution in [1.82, 2.24) is 10.2 Å². The number of fused-ring (bicyclic) bond motifs is 2. The first-order valence-electron chi connectivity index (χ1n) is 7.57. The Morgan fingerprint density at radius 1 is 1.21 bits per heavy atom. The molecule has 2 heterocycles. The van der Waals surface area contributed by atoms with Crippen LogP contribution in [0, 0.1) is 5.92 Å². The van der Waals surface area contributed by atoms with E-state index in [1.807, 2.05) is 0 Å². The Morgan fingerprint density at radius 3 is 3.05 bits per heavy atom. The minimum atomic E-state index is 0.676. The number of likely N-dealkylation sites (tertiary alicyclic amines) is 1. The van der Waals surface area contributed by atoms with E-state index >= 15 is 0 Å². The third-order valence-electron chi connectivity index (χ3n) is 5.22. The molecule has 19 heavy (non-hydrogen) atoms. The molecule has 2 fully saturated rings. The van der Waals surface area contributed by atoms with Gasteiger partial charge in [0.25, 0.3) is 0 Å². The van der Waals surface area contributed by atoms with Crippen LogP contribution in [0.5, 0.6) is 0 Å². The zero-order valence-electron chi connectivity index (χ0n) is 11.2. The number of halogens is 1. The summed E-state index contributed by atoms with van der Waals surface area (Å²) in [6, 6.07) is 8.30. The van der Waals surface area contributed by atoms with Crippen LogP contribution in [0.2, 0.25) is 0 Å². The molecule has 3 aliphatic rings. The predicted molar refractivity (Wildman–Crippen MR) is 81.3 cm³/mol. The van der Waals surface area contributed by atoms with Crippen molar-refractivity contribution < 1.29 is 0 Å². The summed E-state index contributed by atoms with van der Waals surface area (Å²) < 4.78 is 1.23. The highest BCUT2D eigenvalue weighted by molar-refractivity contribution is 9.10. The van der Waals surface area contributed by atoms with E-state index in [2.05, 4.69) is 44.3 Å². The second-order valence-electron chi connectivity index (χ2n) is 6.31. The summed E-state index contributed by atoms with van der Waals surface area (Å²) in [5.74, 6) is 0.897. The molecule has 0 saturated carbocycles. The zero-order valence-corrected chi connectivity index (χ0v) is 12.8. The van der Waals surface area contributed by atoms with Crippen molar-refractivity contribution in [3.63, 3.8) is 0 Å². The van der Waals surface area contributed by atoms with E-state index in [0.29, 0.717) is 6.04 Å². The van der Waals surface area contributed by atoms with Gasteiger partial charge in [0.1, 0.15) is 0 Å². The number of aryl methyl sites for hydroxylation is 1. The molecule has 0 bridgehead atoms. The predicted octanol–water partition coefficient (Wildman–Crippen LogP) is 3.12. The van der Waals surface area contributed by atoms with Gasteiger partial charge < -0.3 is 5.32 Å². The number of piperidine rings is 1. The average molecular weight is 321 g/mol. The molecule has 2 aliphatic heterocycles. The lowest BCUT2D eigenvalue weighted by Crippen LogP contribution is -2.40. The first-order chi connectivity index (χ1) is 9.31. The third kappa shape index (κ3) is 2.16. The Hall–Kier alpha value is -0.380. The van der Waals surface area contributed by atoms with Gasteiger partial charge in [0.2, 0.25) is 0 Å². The fourth-order valence-electron chi connectivity index (χ4n) is 4.28. The Labute approximate surface area is 123 Å². The molecule has 1 N–H and O–H groups in total. The van der Waals surface area contributed by atoms with E-state index < -0.39 is 0 Å². The first kappa shape index (κ1) is 12.4. The second kappa shape index (κ2) is 4.87. The van der Waals surface area contributed by atoms with E-state index in [9.17, 15) is 0 Å². The van der Waals surface area contributed by atoms with Gasteiger partial charge >= 0.3 is 0 Å². The molecule has 1 aromatic rings. The van der Waals surface area contributed by atoms with Gasteiger partial charge in [-0.1, -0.05) is 22.0 Å². The van der Waals surface area contributed by atoms with Crippen LogP contribution in [0.15, 0.2) is 22.7 Å². The number of nitrogens with one attached hydrogen (secondary N) is 1. The summed E-state index contributed by atoms with van der Waals surface area (Å²) in [6.07, 6.45) is 5.35. The highest BCUT2D eigenvalue weighted by Gasteiger charge is 2.39. The highest BCUT2D eigenvalue weighted by atomic mass is 79.9. The van der Waals surface area contributed by atoms with E-state index in [-0.39, 0.29) is 0 Å². The fraction of sp³-hybridized carbons (Fsp3) is 0.625. The van der Waals surface area contributed by atoms with Crippen LogP contribution >= 0.6 is 15.9 Å². The van der Waals surface area contributed by atoms with Crippen molar-refractivity contribution in [1.29, 1.82) is 0 Å². The van der Waals surface area contributed by atoms with Gasteiger partial charge in [-0.05, 0) is 61.4 Å². The molecule has 0 spiro atoms. The summed E-state index contributed by atoms with van der Waals surface area (Å²) >= 11 is 3.59. The highest BCUT2D eigenvalue weighted by Crippen LogP contribution is 2.40. The number of nitrogens with zero attached hydrogens (tertiary/aromatic N) is 1. The minimum absolute atomic E-state index is 0.676. The average Bonchev–Trinajstić information content (AvgIpc) is 3.00. The summed E-state index contributed by atoms with van der Waals surface area (Å²) in [6.45, 7) is 3.78. The SMILES string of the molecule is Brc1ccc2c(c1)CCC2N1C[C@@H]2CCCN[C@@H]2C1. The van der Waals surface area contributed by atoms with Gasteiger partial charge in [0.15, 0.2) is 0 Å². The lowest BCUT2D eigenvalue weighted by molar-refractivity contribution is 0.234. The molecule has 1 aromatic carbocycles. The largest absolute Gasteiger partial charge is 0.312 e. The topological polar surface area (TPSA) is 15.3 Å². The molecule has 3 heteroatoms. The number of hydrogen-bond donors (Lipinski definition) is 1. The molecule has 0 radical (unpaired) electrons. The summed E-state index contributed by atoms with van der Waals surface area (Å²) in [5.41, 5.74) is 3.14. The quantitative estimate of drug-likeness (QED) is 0.855. The molecule has 0 amide bonds. The Balaban J connectivity index is 1.56. The van der Waals surface area contributed by atoms with Crippen LogP contribution in [0.25, 0.3) is 0 Å². The molecule has 2 nitrogen and oxygen atoms in total. The Bertz CT molecular complexity index is 474. The van der Waals surface area contributed by atoms with E-state index in [1.54, 1.807) is 11.1 Å². The first-order valence-corrected chi connectivity index (χ1v) is 8.36. The van der Waals surface area contributed by atoms with Crippen molar-refractivity contribution in [2.24, 2.45) is 5.92 Å². The molecule has 1 aliphatic carbocycles. The summed E-state index contributed by atoms with van der Waals surface area (Å²) in [5, 5.41) is 3.72. The summed E-state index contributed by atoms with van der Waals surface area (Å²) in [7, 11) is 0. The number of hydrogen-bond acceptors (Lipinski definition) is 2. The third-order valence-corrected chi connectivity index (χ3v) is 5.71. The monoisotopic (exact) mass is 320 g/mol. The van der Waals surface area contributed by atoms with Crippen molar-refractivity contribution in [2.75, 3.05) is 19.6 Å². The van der Waals surface area contributed by atoms with Gasteiger partial charge in [-0.25, -0.2) is 0 Å². The molecule has 3 atom stereocenters. The van der Waals surface area contributed by atoms with Crippen molar-refractivity contribution in [2.45, 2.75) is 37.8 Å². The second-order valence-corrected chi connectivity index (χ2v) is 7.23. The van der Waals surface area contributed by atoms with E-state index in [4.69, 9.17) is 0 Å². The molecule has 102 valence electrons. The molecule has 0 aromatic heterocycles. The summed E-state index contributed by atoms with van der Waals surface area (Å²) in [4.78, 5) is 2.74. The van der Waals surface area contributed by atoms with Gasteiger partial charge in [-0.3, -0.25) is 4.90 Å². The van der Waals surface area contributed by atoms with Gasteiger partial charge in [0, 0.05) is 29.6 Å². The van der Waals surface area contributed by atoms with Crippen LogP contribution in [-0.2, 0) is 6.42 Å². The van der Waals surface area contributed by atoms with Crippen molar-refractivity contribution in [3.05, 3.63) is 33.8 Å². The Kier molecular flexibility index (Phi) is 3.17. The standard InChI is InChI=1S/C16H21BrN2/c17-13-4-5-14-11(8-13)3-6-16(14)19-9-12-2-1-7-18-15(12)10-19/h4-5,8,12,15-16,18H,1-3,6-7,9-10H2/t12-,15+,16?/m0/s1. The minimum Gasteiger partial charge on any atom is -0.312 e. The van der Waals surface area contributed by atoms with Crippen molar-refractivity contribution in [3.8, 4) is 0 Å². The van der Waals surface area contributed by atoms with E-state index in [1.165, 1.54) is 49.8 Å². The van der Waals surface area contributed by atoms with Crippen LogP contribution in [0.4, 0.5) is 0 Å². The molecule has 4 rings (SSSR count). The lowest BCUT2D eigenvalue weighted by atomic mass is 9.94. The van der Waals surface area contributed by atoms with Crippen LogP contribution in [0.1, 0.15) is 36.4 Å². The molecular formula is C16H21BrN2. The zero-order chi connectivity index (χ0) is 12.8. The van der Waals surface area contributed by atoms with Gasteiger partial charge in [-0.2, -0.15) is 0 Å². The normalized spacial score (nSPS) is 34.3. The van der Waals surface area contributed by atoms with Crippen molar-refractivity contribution >= 4 is 15.9 Å². The van der Waals surface area contributed by atoms with Gasteiger partial charge in [0.05, 0.1) is 0 Å². The Morgan fingerprint density at radius 2 is 2.16 bits per heavy atom. The van der Waals surface area contributed by atoms with Crippen LogP contribution in [0.3, 0.4) is 0 Å². The van der Waals surface area contributed by atoms with Crippen LogP contribution < -0.4 is 5.32 Å². The number of benzene rings is 1. The molecular weight excluding hydrogens is 300 g/mol. The van der Waals surface area contributed by atoms with Crippen LogP contribution in [-0.4, -0.2) is 30.6 Å². The number of rotatable bonds is 1. The molecule has 2 saturated heterocycles. The smallest absolute Gasteiger partial charge is 0.0354 e.